The molecular formula is C13H17Cl2NO. The van der Waals surface area contributed by atoms with E-state index >= 15 is 0 Å². The molecule has 0 radical (unpaired) electrons. The number of nitrogens with one attached hydrogen (secondary N) is 1. The van der Waals surface area contributed by atoms with E-state index in [1.165, 1.54) is 6.42 Å². The minimum absolute atomic E-state index is 0.535. The number of hydrogen-bond acceptors (Lipinski definition) is 2. The third kappa shape index (κ3) is 3.51. The second kappa shape index (κ2) is 5.47. The molecule has 0 heterocycles. The molecule has 0 unspecified atom stereocenters. The first-order valence-corrected chi connectivity index (χ1v) is 6.76. The van der Waals surface area contributed by atoms with Gasteiger partial charge in [-0.15, -0.1) is 0 Å². The summed E-state index contributed by atoms with van der Waals surface area (Å²) >= 11 is 12.0. The van der Waals surface area contributed by atoms with Gasteiger partial charge in [-0.1, -0.05) is 42.5 Å². The first kappa shape index (κ1) is 13.0. The van der Waals surface area contributed by atoms with Crippen molar-refractivity contribution in [3.63, 3.8) is 0 Å². The molecule has 0 amide bonds. The fraction of sp³-hybridized carbons (Fsp3) is 0.538. The minimum atomic E-state index is -0.593. The molecular weight excluding hydrogens is 257 g/mol. The summed E-state index contributed by atoms with van der Waals surface area (Å²) in [7, 11) is 0. The summed E-state index contributed by atoms with van der Waals surface area (Å²) in [4.78, 5) is 0. The van der Waals surface area contributed by atoms with Crippen molar-refractivity contribution in [2.45, 2.75) is 37.7 Å². The van der Waals surface area contributed by atoms with Gasteiger partial charge >= 0.3 is 0 Å². The Morgan fingerprint density at radius 1 is 1.18 bits per heavy atom. The number of aliphatic hydroxyl groups is 1. The molecule has 1 aromatic carbocycles. The van der Waals surface area contributed by atoms with Crippen LogP contribution in [0.15, 0.2) is 18.2 Å². The maximum atomic E-state index is 10.4. The third-order valence-electron chi connectivity index (χ3n) is 3.32. The highest BCUT2D eigenvalue weighted by atomic mass is 35.5. The maximum absolute atomic E-state index is 10.4. The molecule has 0 saturated heterocycles. The summed E-state index contributed by atoms with van der Waals surface area (Å²) in [5.74, 6) is 0. The predicted octanol–water partition coefficient (Wildman–Crippen LogP) is 4.10. The molecule has 1 aliphatic rings. The lowest BCUT2D eigenvalue weighted by molar-refractivity contribution is 0.0167. The van der Waals surface area contributed by atoms with E-state index in [0.29, 0.717) is 16.6 Å². The summed E-state index contributed by atoms with van der Waals surface area (Å²) < 4.78 is 0. The minimum Gasteiger partial charge on any atom is -0.388 e. The van der Waals surface area contributed by atoms with Gasteiger partial charge in [-0.25, -0.2) is 0 Å². The van der Waals surface area contributed by atoms with Crippen molar-refractivity contribution in [2.75, 3.05) is 11.9 Å². The van der Waals surface area contributed by atoms with E-state index < -0.39 is 5.60 Å². The van der Waals surface area contributed by atoms with Gasteiger partial charge in [0.05, 0.1) is 16.3 Å². The molecule has 2 N–H and O–H groups in total. The molecule has 1 aliphatic carbocycles. The van der Waals surface area contributed by atoms with Crippen LogP contribution in [-0.2, 0) is 0 Å². The Hall–Kier alpha value is -0.440. The highest BCUT2D eigenvalue weighted by Crippen LogP contribution is 2.30. The van der Waals surface area contributed by atoms with Crippen LogP contribution in [0.5, 0.6) is 0 Å². The number of hydrogen-bond donors (Lipinski definition) is 2. The second-order valence-corrected chi connectivity index (χ2v) is 5.61. The summed E-state index contributed by atoms with van der Waals surface area (Å²) in [6.07, 6.45) is 5.14. The molecule has 0 bridgehead atoms. The van der Waals surface area contributed by atoms with Crippen LogP contribution in [0.25, 0.3) is 0 Å². The number of benzene rings is 1. The standard InChI is InChI=1S/C13H17Cl2NO/c14-10-4-5-11(15)12(8-10)16-9-13(17)6-2-1-3-7-13/h4-5,8,16-17H,1-3,6-7,9H2. The molecule has 2 nitrogen and oxygen atoms in total. The first-order valence-electron chi connectivity index (χ1n) is 6.00. The van der Waals surface area contributed by atoms with Crippen LogP contribution in [-0.4, -0.2) is 17.3 Å². The Balaban J connectivity index is 1.99. The lowest BCUT2D eigenvalue weighted by Gasteiger charge is -2.32. The van der Waals surface area contributed by atoms with E-state index in [-0.39, 0.29) is 0 Å². The van der Waals surface area contributed by atoms with E-state index in [9.17, 15) is 5.11 Å². The van der Waals surface area contributed by atoms with Crippen molar-refractivity contribution in [1.82, 2.24) is 0 Å². The van der Waals surface area contributed by atoms with Gasteiger partial charge in [-0.2, -0.15) is 0 Å². The average Bonchev–Trinajstić information content (AvgIpc) is 2.31. The zero-order valence-corrected chi connectivity index (χ0v) is 11.2. The molecule has 1 aromatic rings. The second-order valence-electron chi connectivity index (χ2n) is 4.76. The number of halogens is 2. The number of anilines is 1. The van der Waals surface area contributed by atoms with Gasteiger partial charge in [0.15, 0.2) is 0 Å². The molecule has 0 atom stereocenters. The van der Waals surface area contributed by atoms with Crippen LogP contribution in [0, 0.1) is 0 Å². The highest BCUT2D eigenvalue weighted by molar-refractivity contribution is 6.35. The normalized spacial score (nSPS) is 19.0. The molecule has 94 valence electrons. The van der Waals surface area contributed by atoms with Gasteiger partial charge in [0.1, 0.15) is 0 Å². The lowest BCUT2D eigenvalue weighted by Crippen LogP contribution is -2.38. The van der Waals surface area contributed by atoms with E-state index in [1.807, 2.05) is 0 Å². The van der Waals surface area contributed by atoms with Crippen molar-refractivity contribution in [3.8, 4) is 0 Å². The number of rotatable bonds is 3. The quantitative estimate of drug-likeness (QED) is 0.869. The van der Waals surface area contributed by atoms with Crippen LogP contribution < -0.4 is 5.32 Å². The van der Waals surface area contributed by atoms with Gasteiger partial charge in [-0.05, 0) is 31.0 Å². The summed E-state index contributed by atoms with van der Waals surface area (Å²) in [6.45, 7) is 0.535. The molecule has 0 spiro atoms. The van der Waals surface area contributed by atoms with Gasteiger partial charge in [-0.3, -0.25) is 0 Å². The third-order valence-corrected chi connectivity index (χ3v) is 3.89. The monoisotopic (exact) mass is 273 g/mol. The molecule has 0 aromatic heterocycles. The van der Waals surface area contributed by atoms with E-state index in [1.54, 1.807) is 18.2 Å². The fourth-order valence-corrected chi connectivity index (χ4v) is 2.64. The Kier molecular flexibility index (Phi) is 4.18. The van der Waals surface area contributed by atoms with E-state index in [2.05, 4.69) is 5.32 Å². The molecule has 17 heavy (non-hydrogen) atoms. The molecule has 4 heteroatoms. The van der Waals surface area contributed by atoms with Crippen molar-refractivity contribution in [3.05, 3.63) is 28.2 Å². The molecule has 1 fully saturated rings. The van der Waals surface area contributed by atoms with Crippen molar-refractivity contribution in [2.24, 2.45) is 0 Å². The topological polar surface area (TPSA) is 32.3 Å². The van der Waals surface area contributed by atoms with Gasteiger partial charge in [0.2, 0.25) is 0 Å². The van der Waals surface area contributed by atoms with E-state index in [0.717, 1.165) is 31.4 Å². The van der Waals surface area contributed by atoms with Gasteiger partial charge < -0.3 is 10.4 Å². The lowest BCUT2D eigenvalue weighted by atomic mass is 9.85. The smallest absolute Gasteiger partial charge is 0.0819 e. The zero-order chi connectivity index (χ0) is 12.3. The zero-order valence-electron chi connectivity index (χ0n) is 9.68. The van der Waals surface area contributed by atoms with Crippen molar-refractivity contribution in [1.29, 1.82) is 0 Å². The first-order chi connectivity index (χ1) is 8.09. The van der Waals surface area contributed by atoms with Crippen LogP contribution in [0.2, 0.25) is 10.0 Å². The highest BCUT2D eigenvalue weighted by Gasteiger charge is 2.28. The van der Waals surface area contributed by atoms with E-state index in [4.69, 9.17) is 23.2 Å². The van der Waals surface area contributed by atoms with Crippen molar-refractivity contribution < 1.29 is 5.11 Å². The molecule has 1 saturated carbocycles. The van der Waals surface area contributed by atoms with Crippen molar-refractivity contribution >= 4 is 28.9 Å². The average molecular weight is 274 g/mol. The SMILES string of the molecule is OC1(CNc2cc(Cl)ccc2Cl)CCCCC1. The fourth-order valence-electron chi connectivity index (χ4n) is 2.28. The molecule has 2 rings (SSSR count). The summed E-state index contributed by atoms with van der Waals surface area (Å²) in [5, 5.41) is 14.8. The largest absolute Gasteiger partial charge is 0.388 e. The van der Waals surface area contributed by atoms with Crippen LogP contribution >= 0.6 is 23.2 Å². The van der Waals surface area contributed by atoms with Gasteiger partial charge in [0.25, 0.3) is 0 Å². The Morgan fingerprint density at radius 3 is 2.59 bits per heavy atom. The maximum Gasteiger partial charge on any atom is 0.0819 e. The molecule has 0 aliphatic heterocycles. The van der Waals surface area contributed by atoms with Crippen LogP contribution in [0.3, 0.4) is 0 Å². The Labute approximate surface area is 112 Å². The Bertz CT molecular complexity index is 389. The summed E-state index contributed by atoms with van der Waals surface area (Å²) in [5.41, 5.74) is 0.197. The Morgan fingerprint density at radius 2 is 1.88 bits per heavy atom. The predicted molar refractivity (Wildman–Crippen MR) is 73.0 cm³/mol. The summed E-state index contributed by atoms with van der Waals surface area (Å²) in [6, 6.07) is 5.30. The van der Waals surface area contributed by atoms with Crippen LogP contribution in [0.4, 0.5) is 5.69 Å². The van der Waals surface area contributed by atoms with Gasteiger partial charge in [0, 0.05) is 11.6 Å². The van der Waals surface area contributed by atoms with Crippen LogP contribution in [0.1, 0.15) is 32.1 Å².